The maximum atomic E-state index is 14.0. The van der Waals surface area contributed by atoms with E-state index in [-0.39, 0.29) is 6.54 Å². The lowest BCUT2D eigenvalue weighted by Gasteiger charge is -2.53. The van der Waals surface area contributed by atoms with Crippen molar-refractivity contribution >= 4 is 29.8 Å². The van der Waals surface area contributed by atoms with Crippen LogP contribution in [0.2, 0.25) is 0 Å². The van der Waals surface area contributed by atoms with Crippen molar-refractivity contribution in [3.8, 4) is 0 Å². The van der Waals surface area contributed by atoms with Crippen LogP contribution in [0.25, 0.3) is 0 Å². The normalized spacial score (nSPS) is 21.6. The molecule has 0 bridgehead atoms. The van der Waals surface area contributed by atoms with Crippen molar-refractivity contribution in [3.05, 3.63) is 48.6 Å². The Morgan fingerprint density at radius 2 is 1.13 bits per heavy atom. The molecule has 0 N–H and O–H groups in total. The Kier molecular flexibility index (Phi) is 15.9. The third-order valence-corrected chi connectivity index (χ3v) is 9.66. The molecule has 0 aromatic heterocycles. The van der Waals surface area contributed by atoms with E-state index in [1.165, 1.54) is 7.11 Å². The fourth-order valence-corrected chi connectivity index (χ4v) is 6.18. The first-order chi connectivity index (χ1) is 25.2. The number of rotatable bonds is 14. The number of esters is 5. The first-order valence-electron chi connectivity index (χ1n) is 19.2. The van der Waals surface area contributed by atoms with Gasteiger partial charge >= 0.3 is 29.8 Å². The molecule has 310 valence electrons. The Labute approximate surface area is 328 Å². The standard InChI is InChI=1S/C43H67NO11/c1-17-25-44(32(27-23-21-20-22-24-27)43(18-2,19-3)38(49)50-16)33-31(55-37(48)42(13,14)15)30(54-36(47)41(10,11)12)29(53-35(46)40(7,8)9)28(52-33)26-51-34(45)39(4,5)6/h17,20-24,28-33H,1,18-19,25-26H2,2-16H3/t28-,29+,30+,31-,32+,33-/m1/s1. The van der Waals surface area contributed by atoms with Crippen LogP contribution in [0.5, 0.6) is 0 Å². The first-order valence-corrected chi connectivity index (χ1v) is 19.2. The van der Waals surface area contributed by atoms with Gasteiger partial charge in [0.2, 0.25) is 0 Å². The second-order valence-corrected chi connectivity index (χ2v) is 18.4. The highest BCUT2D eigenvalue weighted by atomic mass is 16.7. The summed E-state index contributed by atoms with van der Waals surface area (Å²) in [6, 6.07) is 8.54. The van der Waals surface area contributed by atoms with Crippen molar-refractivity contribution in [2.24, 2.45) is 27.1 Å². The molecule has 55 heavy (non-hydrogen) atoms. The molecule has 1 aliphatic rings. The van der Waals surface area contributed by atoms with Gasteiger partial charge in [-0.1, -0.05) is 50.3 Å². The molecule has 1 saturated heterocycles. The smallest absolute Gasteiger partial charge is 0.313 e. The minimum atomic E-state index is -1.47. The van der Waals surface area contributed by atoms with Gasteiger partial charge in [-0.25, -0.2) is 0 Å². The Bertz CT molecular complexity index is 1490. The van der Waals surface area contributed by atoms with Gasteiger partial charge in [0.25, 0.3) is 0 Å². The topological polar surface area (TPSA) is 144 Å². The minimum absolute atomic E-state index is 0.0768. The summed E-state index contributed by atoms with van der Waals surface area (Å²) in [5.41, 5.74) is -4.45. The monoisotopic (exact) mass is 773 g/mol. The average molecular weight is 774 g/mol. The lowest BCUT2D eigenvalue weighted by molar-refractivity contribution is -0.290. The molecule has 12 heteroatoms. The molecule has 0 saturated carbocycles. The van der Waals surface area contributed by atoms with Gasteiger partial charge < -0.3 is 28.4 Å². The molecule has 1 fully saturated rings. The van der Waals surface area contributed by atoms with Crippen molar-refractivity contribution in [1.82, 2.24) is 4.90 Å². The van der Waals surface area contributed by atoms with Crippen molar-refractivity contribution in [1.29, 1.82) is 0 Å². The average Bonchev–Trinajstić information content (AvgIpc) is 3.08. The van der Waals surface area contributed by atoms with Crippen molar-refractivity contribution in [2.45, 2.75) is 146 Å². The van der Waals surface area contributed by atoms with Gasteiger partial charge in [0.05, 0.1) is 40.2 Å². The van der Waals surface area contributed by atoms with Crippen LogP contribution in [-0.2, 0) is 52.4 Å². The van der Waals surface area contributed by atoms with Gasteiger partial charge in [0.1, 0.15) is 12.7 Å². The second kappa shape index (κ2) is 18.4. The Morgan fingerprint density at radius 3 is 1.53 bits per heavy atom. The molecular formula is C43H67NO11. The summed E-state index contributed by atoms with van der Waals surface area (Å²) in [7, 11) is 1.34. The molecule has 12 nitrogen and oxygen atoms in total. The quantitative estimate of drug-likeness (QED) is 0.106. The SMILES string of the molecule is C=CCN([C@@H]1O[C@H](COC(=O)C(C)(C)C)[C@H](OC(=O)C(C)(C)C)[C@H](OC(=O)C(C)(C)C)[C@H]1OC(=O)C(C)(C)C)[C@@H](c1ccccc1)C(CC)(CC)C(=O)OC. The molecular weight excluding hydrogens is 706 g/mol. The predicted molar refractivity (Wildman–Crippen MR) is 208 cm³/mol. The van der Waals surface area contributed by atoms with Crippen molar-refractivity contribution < 1.29 is 52.4 Å². The minimum Gasteiger partial charge on any atom is -0.469 e. The second-order valence-electron chi connectivity index (χ2n) is 18.4. The van der Waals surface area contributed by atoms with E-state index >= 15 is 0 Å². The lowest BCUT2D eigenvalue weighted by atomic mass is 9.71. The third kappa shape index (κ3) is 11.6. The fourth-order valence-electron chi connectivity index (χ4n) is 6.18. The lowest BCUT2D eigenvalue weighted by Crippen LogP contribution is -2.68. The summed E-state index contributed by atoms with van der Waals surface area (Å²) in [6.45, 7) is 27.6. The molecule has 1 heterocycles. The molecule has 1 aromatic carbocycles. The van der Waals surface area contributed by atoms with E-state index < -0.39 is 100 Å². The van der Waals surface area contributed by atoms with Gasteiger partial charge in [0, 0.05) is 6.54 Å². The number of methoxy groups -OCH3 is 1. The zero-order chi connectivity index (χ0) is 42.3. The fraction of sp³-hybridized carbons (Fsp3) is 0.698. The zero-order valence-corrected chi connectivity index (χ0v) is 35.9. The molecule has 1 aromatic rings. The van der Waals surface area contributed by atoms with Gasteiger partial charge in [-0.05, 0) is 101 Å². The summed E-state index contributed by atoms with van der Waals surface area (Å²) in [5.74, 6) is -3.00. The summed E-state index contributed by atoms with van der Waals surface area (Å²) in [4.78, 5) is 70.7. The third-order valence-electron chi connectivity index (χ3n) is 9.66. The number of benzene rings is 1. The Balaban J connectivity index is 3.15. The van der Waals surface area contributed by atoms with E-state index in [9.17, 15) is 24.0 Å². The Hall–Kier alpha value is -3.77. The molecule has 0 spiro atoms. The van der Waals surface area contributed by atoms with Crippen molar-refractivity contribution in [2.75, 3.05) is 20.3 Å². The summed E-state index contributed by atoms with van der Waals surface area (Å²) >= 11 is 0. The summed E-state index contributed by atoms with van der Waals surface area (Å²) in [5, 5.41) is 0. The van der Waals surface area contributed by atoms with Crippen LogP contribution in [0.3, 0.4) is 0 Å². The Morgan fingerprint density at radius 1 is 0.691 bits per heavy atom. The molecule has 6 atom stereocenters. The number of hydrogen-bond acceptors (Lipinski definition) is 12. The van der Waals surface area contributed by atoms with E-state index in [0.29, 0.717) is 12.8 Å². The number of hydrogen-bond donors (Lipinski definition) is 0. The number of ether oxygens (including phenoxy) is 6. The van der Waals surface area contributed by atoms with E-state index in [1.54, 1.807) is 89.2 Å². The maximum Gasteiger partial charge on any atom is 0.313 e. The van der Waals surface area contributed by atoms with Crippen LogP contribution in [0, 0.1) is 27.1 Å². The molecule has 0 radical (unpaired) electrons. The highest BCUT2D eigenvalue weighted by Gasteiger charge is 2.59. The molecule has 0 unspecified atom stereocenters. The summed E-state index contributed by atoms with van der Waals surface area (Å²) < 4.78 is 37.1. The van der Waals surface area contributed by atoms with Crippen LogP contribution in [-0.4, -0.2) is 85.7 Å². The largest absolute Gasteiger partial charge is 0.469 e. The van der Waals surface area contributed by atoms with Crippen LogP contribution in [0.4, 0.5) is 0 Å². The van der Waals surface area contributed by atoms with Crippen LogP contribution in [0.1, 0.15) is 121 Å². The number of nitrogens with zero attached hydrogens (tertiary/aromatic N) is 1. The van der Waals surface area contributed by atoms with Crippen LogP contribution >= 0.6 is 0 Å². The van der Waals surface area contributed by atoms with E-state index in [1.807, 2.05) is 49.1 Å². The molecule has 0 amide bonds. The predicted octanol–water partition coefficient (Wildman–Crippen LogP) is 7.38. The molecule has 2 rings (SSSR count). The molecule has 1 aliphatic heterocycles. The van der Waals surface area contributed by atoms with E-state index in [0.717, 1.165) is 5.56 Å². The van der Waals surface area contributed by atoms with Crippen LogP contribution in [0.15, 0.2) is 43.0 Å². The maximum absolute atomic E-state index is 14.0. The van der Waals surface area contributed by atoms with E-state index in [4.69, 9.17) is 28.4 Å². The molecule has 0 aliphatic carbocycles. The van der Waals surface area contributed by atoms with Gasteiger partial charge in [-0.3, -0.25) is 28.9 Å². The zero-order valence-electron chi connectivity index (χ0n) is 35.9. The van der Waals surface area contributed by atoms with Crippen LogP contribution < -0.4 is 0 Å². The van der Waals surface area contributed by atoms with Gasteiger partial charge in [-0.15, -0.1) is 6.58 Å². The number of carbonyl (C=O) groups excluding carboxylic acids is 5. The highest BCUT2D eigenvalue weighted by Crippen LogP contribution is 2.48. The van der Waals surface area contributed by atoms with Gasteiger partial charge in [0.15, 0.2) is 24.5 Å². The number of carbonyl (C=O) groups is 5. The first kappa shape index (κ1) is 47.4. The van der Waals surface area contributed by atoms with Gasteiger partial charge in [-0.2, -0.15) is 0 Å². The summed E-state index contributed by atoms with van der Waals surface area (Å²) in [6.07, 6.45) is -4.56. The van der Waals surface area contributed by atoms with E-state index in [2.05, 4.69) is 6.58 Å². The van der Waals surface area contributed by atoms with Crippen molar-refractivity contribution in [3.63, 3.8) is 0 Å². The highest BCUT2D eigenvalue weighted by molar-refractivity contribution is 5.79.